The van der Waals surface area contributed by atoms with Crippen molar-refractivity contribution in [2.45, 2.75) is 40.0 Å². The molecule has 1 aromatic rings. The van der Waals surface area contributed by atoms with Crippen LogP contribution in [-0.2, 0) is 4.79 Å². The third-order valence-electron chi connectivity index (χ3n) is 4.91. The van der Waals surface area contributed by atoms with Crippen molar-refractivity contribution in [1.82, 2.24) is 15.5 Å². The molecule has 1 fully saturated rings. The molecule has 0 unspecified atom stereocenters. The minimum Gasteiger partial charge on any atom is -0.356 e. The van der Waals surface area contributed by atoms with Crippen LogP contribution >= 0.6 is 0 Å². The van der Waals surface area contributed by atoms with Crippen molar-refractivity contribution >= 4 is 29.3 Å². The molecule has 29 heavy (non-hydrogen) atoms. The Bertz CT molecular complexity index is 682. The largest absolute Gasteiger partial charge is 0.356 e. The highest BCUT2D eigenvalue weighted by molar-refractivity contribution is 5.91. The van der Waals surface area contributed by atoms with Crippen molar-refractivity contribution in [3.05, 3.63) is 24.3 Å². The lowest BCUT2D eigenvalue weighted by atomic mass is 9.96. The molecular formula is C21H33N5O3. The number of benzene rings is 1. The fraction of sp³-hybridized carbons (Fsp3) is 0.571. The van der Waals surface area contributed by atoms with Gasteiger partial charge in [-0.15, -0.1) is 0 Å². The fourth-order valence-electron chi connectivity index (χ4n) is 3.15. The first-order valence-electron chi connectivity index (χ1n) is 10.4. The van der Waals surface area contributed by atoms with Crippen LogP contribution in [0.2, 0.25) is 0 Å². The van der Waals surface area contributed by atoms with Gasteiger partial charge in [0.25, 0.3) is 0 Å². The van der Waals surface area contributed by atoms with Gasteiger partial charge in [0.2, 0.25) is 5.91 Å². The number of urea groups is 2. The number of piperidine rings is 1. The number of hydrogen-bond donors (Lipinski definition) is 4. The van der Waals surface area contributed by atoms with Crippen LogP contribution in [0.1, 0.15) is 40.0 Å². The molecule has 2 rings (SSSR count). The van der Waals surface area contributed by atoms with Crippen LogP contribution in [0.25, 0.3) is 0 Å². The summed E-state index contributed by atoms with van der Waals surface area (Å²) in [5.74, 6) is 0.595. The number of likely N-dealkylation sites (tertiary alicyclic amines) is 1. The van der Waals surface area contributed by atoms with Gasteiger partial charge >= 0.3 is 12.1 Å². The Balaban J connectivity index is 1.76. The summed E-state index contributed by atoms with van der Waals surface area (Å²) in [5, 5.41) is 11.3. The van der Waals surface area contributed by atoms with Gasteiger partial charge in [-0.2, -0.15) is 0 Å². The highest BCUT2D eigenvalue weighted by atomic mass is 16.2. The van der Waals surface area contributed by atoms with Crippen molar-refractivity contribution in [3.8, 4) is 0 Å². The van der Waals surface area contributed by atoms with Crippen LogP contribution in [0.3, 0.4) is 0 Å². The number of nitrogens with zero attached hydrogens (tertiary/aromatic N) is 1. The predicted octanol–water partition coefficient (Wildman–Crippen LogP) is 3.23. The van der Waals surface area contributed by atoms with E-state index in [2.05, 4.69) is 35.1 Å². The number of hydrogen-bond acceptors (Lipinski definition) is 3. The molecular weight excluding hydrogens is 370 g/mol. The normalized spacial score (nSPS) is 14.4. The Morgan fingerprint density at radius 2 is 1.59 bits per heavy atom. The SMILES string of the molecule is CCNC(=O)C1CCN(C(=O)Nc2ccc(NC(=O)NCCC(C)C)cc2)CC1. The average molecular weight is 404 g/mol. The zero-order valence-electron chi connectivity index (χ0n) is 17.6. The van der Waals surface area contributed by atoms with Crippen molar-refractivity contribution in [3.63, 3.8) is 0 Å². The van der Waals surface area contributed by atoms with E-state index >= 15 is 0 Å². The lowest BCUT2D eigenvalue weighted by molar-refractivity contribution is -0.126. The zero-order valence-corrected chi connectivity index (χ0v) is 17.6. The van der Waals surface area contributed by atoms with Crippen molar-refractivity contribution in [2.24, 2.45) is 11.8 Å². The van der Waals surface area contributed by atoms with Crippen LogP contribution < -0.4 is 21.3 Å². The van der Waals surface area contributed by atoms with E-state index in [0.29, 0.717) is 56.3 Å². The molecule has 1 heterocycles. The summed E-state index contributed by atoms with van der Waals surface area (Å²) in [6.07, 6.45) is 2.28. The molecule has 0 bridgehead atoms. The number of amides is 5. The van der Waals surface area contributed by atoms with Crippen LogP contribution in [0.15, 0.2) is 24.3 Å². The maximum absolute atomic E-state index is 12.4. The molecule has 1 saturated heterocycles. The Morgan fingerprint density at radius 1 is 1.00 bits per heavy atom. The van der Waals surface area contributed by atoms with Gasteiger partial charge < -0.3 is 26.2 Å². The summed E-state index contributed by atoms with van der Waals surface area (Å²) in [6.45, 7) is 8.50. The second kappa shape index (κ2) is 11.3. The summed E-state index contributed by atoms with van der Waals surface area (Å²) in [4.78, 5) is 37.9. The maximum Gasteiger partial charge on any atom is 0.321 e. The summed E-state index contributed by atoms with van der Waals surface area (Å²) < 4.78 is 0. The molecule has 0 saturated carbocycles. The summed E-state index contributed by atoms with van der Waals surface area (Å²) in [6, 6.07) is 6.59. The first kappa shape index (κ1) is 22.5. The molecule has 1 aromatic carbocycles. The van der Waals surface area contributed by atoms with E-state index in [4.69, 9.17) is 0 Å². The van der Waals surface area contributed by atoms with Crippen molar-refractivity contribution in [1.29, 1.82) is 0 Å². The van der Waals surface area contributed by atoms with E-state index in [-0.39, 0.29) is 23.9 Å². The molecule has 160 valence electrons. The van der Waals surface area contributed by atoms with E-state index in [0.717, 1.165) is 6.42 Å². The Labute approximate surface area is 172 Å². The molecule has 0 aliphatic carbocycles. The number of anilines is 2. The maximum atomic E-state index is 12.4. The first-order valence-corrected chi connectivity index (χ1v) is 10.4. The quantitative estimate of drug-likeness (QED) is 0.562. The van der Waals surface area contributed by atoms with Crippen molar-refractivity contribution < 1.29 is 14.4 Å². The third kappa shape index (κ3) is 7.63. The van der Waals surface area contributed by atoms with Gasteiger partial charge in [0, 0.05) is 43.5 Å². The molecule has 4 N–H and O–H groups in total. The van der Waals surface area contributed by atoms with Crippen molar-refractivity contribution in [2.75, 3.05) is 36.8 Å². The molecule has 8 nitrogen and oxygen atoms in total. The highest BCUT2D eigenvalue weighted by Gasteiger charge is 2.26. The monoisotopic (exact) mass is 403 g/mol. The van der Waals surface area contributed by atoms with Crippen LogP contribution in [0.5, 0.6) is 0 Å². The second-order valence-electron chi connectivity index (χ2n) is 7.73. The Hall–Kier alpha value is -2.77. The first-order chi connectivity index (χ1) is 13.9. The number of nitrogens with one attached hydrogen (secondary N) is 4. The number of carbonyl (C=O) groups is 3. The number of carbonyl (C=O) groups excluding carboxylic acids is 3. The molecule has 0 atom stereocenters. The van der Waals surface area contributed by atoms with Crippen LogP contribution in [-0.4, -0.2) is 49.0 Å². The highest BCUT2D eigenvalue weighted by Crippen LogP contribution is 2.19. The van der Waals surface area contributed by atoms with Crippen LogP contribution in [0, 0.1) is 11.8 Å². The number of rotatable bonds is 7. The minimum absolute atomic E-state index is 0.0176. The van der Waals surface area contributed by atoms with Gasteiger partial charge in [-0.3, -0.25) is 4.79 Å². The smallest absolute Gasteiger partial charge is 0.321 e. The second-order valence-corrected chi connectivity index (χ2v) is 7.73. The van der Waals surface area contributed by atoms with E-state index in [1.807, 2.05) is 6.92 Å². The molecule has 0 radical (unpaired) electrons. The Kier molecular flexibility index (Phi) is 8.76. The average Bonchev–Trinajstić information content (AvgIpc) is 2.69. The van der Waals surface area contributed by atoms with Crippen LogP contribution in [0.4, 0.5) is 21.0 Å². The van der Waals surface area contributed by atoms with E-state index in [9.17, 15) is 14.4 Å². The fourth-order valence-corrected chi connectivity index (χ4v) is 3.15. The molecule has 0 aromatic heterocycles. The molecule has 8 heteroatoms. The lowest BCUT2D eigenvalue weighted by Crippen LogP contribution is -2.44. The minimum atomic E-state index is -0.239. The Morgan fingerprint density at radius 3 is 2.14 bits per heavy atom. The van der Waals surface area contributed by atoms with Gasteiger partial charge in [-0.1, -0.05) is 13.8 Å². The van der Waals surface area contributed by atoms with Gasteiger partial charge in [-0.05, 0) is 56.4 Å². The summed E-state index contributed by atoms with van der Waals surface area (Å²) in [7, 11) is 0. The van der Waals surface area contributed by atoms with Gasteiger partial charge in [-0.25, -0.2) is 9.59 Å². The lowest BCUT2D eigenvalue weighted by Gasteiger charge is -2.31. The molecule has 1 aliphatic heterocycles. The van der Waals surface area contributed by atoms with E-state index < -0.39 is 0 Å². The zero-order chi connectivity index (χ0) is 21.2. The van der Waals surface area contributed by atoms with E-state index in [1.54, 1.807) is 29.2 Å². The molecule has 5 amide bonds. The van der Waals surface area contributed by atoms with E-state index in [1.165, 1.54) is 0 Å². The topological polar surface area (TPSA) is 103 Å². The van der Waals surface area contributed by atoms with Gasteiger partial charge in [0.1, 0.15) is 0 Å². The molecule has 0 spiro atoms. The summed E-state index contributed by atoms with van der Waals surface area (Å²) in [5.41, 5.74) is 1.32. The van der Waals surface area contributed by atoms with Gasteiger partial charge in [0.15, 0.2) is 0 Å². The summed E-state index contributed by atoms with van der Waals surface area (Å²) >= 11 is 0. The third-order valence-corrected chi connectivity index (χ3v) is 4.91. The standard InChI is InChI=1S/C21H33N5O3/c1-4-22-19(27)16-10-13-26(14-11-16)21(29)25-18-7-5-17(6-8-18)24-20(28)23-12-9-15(2)3/h5-8,15-16H,4,9-14H2,1-3H3,(H,22,27)(H,25,29)(H2,23,24,28). The molecule has 1 aliphatic rings. The predicted molar refractivity (Wildman–Crippen MR) is 115 cm³/mol. The van der Waals surface area contributed by atoms with Gasteiger partial charge in [0.05, 0.1) is 0 Å².